The lowest BCUT2D eigenvalue weighted by Gasteiger charge is -2.06. The molecule has 1 aromatic heterocycles. The van der Waals surface area contributed by atoms with Gasteiger partial charge in [0.1, 0.15) is 0 Å². The van der Waals surface area contributed by atoms with Crippen LogP contribution in [0, 0.1) is 6.92 Å². The number of halogens is 2. The Kier molecular flexibility index (Phi) is 2.74. The van der Waals surface area contributed by atoms with Crippen LogP contribution in [0.25, 0.3) is 10.9 Å². The highest BCUT2D eigenvalue weighted by molar-refractivity contribution is 6.39. The highest BCUT2D eigenvalue weighted by Crippen LogP contribution is 2.30. The second-order valence-electron chi connectivity index (χ2n) is 3.40. The Morgan fingerprint density at radius 3 is 2.62 bits per heavy atom. The van der Waals surface area contributed by atoms with Crippen LogP contribution in [0.3, 0.4) is 0 Å². The van der Waals surface area contributed by atoms with Crippen LogP contribution >= 0.6 is 23.2 Å². The van der Waals surface area contributed by atoms with Crippen LogP contribution in [0.1, 0.15) is 16.1 Å². The van der Waals surface area contributed by atoms with Gasteiger partial charge in [-0.25, -0.2) is 4.79 Å². The molecular formula is C11H7Cl2NO2. The molecule has 0 aliphatic carbocycles. The number of carboxylic acid groups (broad SMARTS) is 1. The molecular weight excluding hydrogens is 249 g/mol. The second-order valence-corrected chi connectivity index (χ2v) is 4.24. The van der Waals surface area contributed by atoms with Crippen LogP contribution in [-0.4, -0.2) is 16.1 Å². The zero-order valence-electron chi connectivity index (χ0n) is 8.29. The predicted octanol–water partition coefficient (Wildman–Crippen LogP) is 3.55. The molecule has 0 spiro atoms. The van der Waals surface area contributed by atoms with Crippen molar-refractivity contribution >= 4 is 40.1 Å². The van der Waals surface area contributed by atoms with Gasteiger partial charge in [-0.15, -0.1) is 0 Å². The third-order valence-electron chi connectivity index (χ3n) is 2.18. The number of carboxylic acids is 1. The van der Waals surface area contributed by atoms with Crippen LogP contribution < -0.4 is 0 Å². The summed E-state index contributed by atoms with van der Waals surface area (Å²) in [5.41, 5.74) is 1.25. The molecule has 0 saturated heterocycles. The molecule has 3 nitrogen and oxygen atoms in total. The van der Waals surface area contributed by atoms with Gasteiger partial charge < -0.3 is 5.11 Å². The van der Waals surface area contributed by atoms with Gasteiger partial charge >= 0.3 is 5.97 Å². The van der Waals surface area contributed by atoms with Gasteiger partial charge in [0.15, 0.2) is 0 Å². The average molecular weight is 256 g/mol. The molecule has 0 amide bonds. The fourth-order valence-corrected chi connectivity index (χ4v) is 2.17. The van der Waals surface area contributed by atoms with Crippen molar-refractivity contribution in [3.8, 4) is 0 Å². The van der Waals surface area contributed by atoms with Crippen LogP contribution in [0.2, 0.25) is 10.0 Å². The van der Waals surface area contributed by atoms with E-state index < -0.39 is 5.97 Å². The molecule has 0 saturated carbocycles. The largest absolute Gasteiger partial charge is 0.478 e. The third kappa shape index (κ3) is 1.84. The van der Waals surface area contributed by atoms with Crippen molar-refractivity contribution in [2.75, 3.05) is 0 Å². The summed E-state index contributed by atoms with van der Waals surface area (Å²) in [6, 6.07) is 4.60. The number of benzene rings is 1. The minimum Gasteiger partial charge on any atom is -0.478 e. The summed E-state index contributed by atoms with van der Waals surface area (Å²) in [4.78, 5) is 15.3. The van der Waals surface area contributed by atoms with E-state index in [0.717, 1.165) is 0 Å². The molecule has 0 aliphatic rings. The lowest BCUT2D eigenvalue weighted by molar-refractivity contribution is 0.0699. The Bertz CT molecular complexity index is 591. The van der Waals surface area contributed by atoms with Gasteiger partial charge in [-0.1, -0.05) is 23.2 Å². The van der Waals surface area contributed by atoms with Crippen LogP contribution in [0.4, 0.5) is 0 Å². The number of nitrogens with zero attached hydrogens (tertiary/aromatic N) is 1. The molecule has 2 rings (SSSR count). The molecule has 82 valence electrons. The zero-order valence-corrected chi connectivity index (χ0v) is 9.80. The Balaban J connectivity index is 2.95. The minimum atomic E-state index is -1.03. The molecule has 1 aromatic carbocycles. The van der Waals surface area contributed by atoms with E-state index >= 15 is 0 Å². The third-order valence-corrected chi connectivity index (χ3v) is 2.70. The van der Waals surface area contributed by atoms with Crippen molar-refractivity contribution in [1.82, 2.24) is 4.98 Å². The monoisotopic (exact) mass is 255 g/mol. The molecule has 0 aliphatic heterocycles. The van der Waals surface area contributed by atoms with Gasteiger partial charge in [-0.2, -0.15) is 0 Å². The lowest BCUT2D eigenvalue weighted by atomic mass is 10.1. The molecule has 0 unspecified atom stereocenters. The summed E-state index contributed by atoms with van der Waals surface area (Å²) in [5, 5.41) is 10.2. The molecule has 16 heavy (non-hydrogen) atoms. The fraction of sp³-hybridized carbons (Fsp3) is 0.0909. The lowest BCUT2D eigenvalue weighted by Crippen LogP contribution is -2.00. The van der Waals surface area contributed by atoms with Crippen molar-refractivity contribution in [3.05, 3.63) is 39.5 Å². The number of carbonyl (C=O) groups is 1. The van der Waals surface area contributed by atoms with Crippen molar-refractivity contribution in [2.45, 2.75) is 6.92 Å². The number of aromatic carboxylic acids is 1. The molecule has 5 heteroatoms. The first-order valence-electron chi connectivity index (χ1n) is 4.48. The summed E-state index contributed by atoms with van der Waals surface area (Å²) in [6.45, 7) is 1.72. The molecule has 0 atom stereocenters. The average Bonchev–Trinajstić information content (AvgIpc) is 2.14. The van der Waals surface area contributed by atoms with Crippen LogP contribution in [0.5, 0.6) is 0 Å². The first-order chi connectivity index (χ1) is 7.49. The normalized spacial score (nSPS) is 10.7. The maximum Gasteiger partial charge on any atom is 0.336 e. The van der Waals surface area contributed by atoms with Crippen LogP contribution in [-0.2, 0) is 0 Å². The number of hydrogen-bond donors (Lipinski definition) is 1. The SMILES string of the molecule is Cc1cc(C(=O)O)c2c(Cl)cc(Cl)cc2n1. The predicted molar refractivity (Wildman–Crippen MR) is 63.5 cm³/mol. The number of hydrogen-bond acceptors (Lipinski definition) is 2. The van der Waals surface area contributed by atoms with Gasteiger partial charge in [0.05, 0.1) is 16.1 Å². The van der Waals surface area contributed by atoms with E-state index in [9.17, 15) is 4.79 Å². The number of pyridine rings is 1. The first kappa shape index (κ1) is 11.2. The Labute approximate surface area is 102 Å². The van der Waals surface area contributed by atoms with E-state index in [2.05, 4.69) is 4.98 Å². The summed E-state index contributed by atoms with van der Waals surface area (Å²) < 4.78 is 0. The maximum absolute atomic E-state index is 11.1. The standard InChI is InChI=1S/C11H7Cl2NO2/c1-5-2-7(11(15)16)10-8(13)3-6(12)4-9(10)14-5/h2-4H,1H3,(H,15,16). The van der Waals surface area contributed by atoms with Gasteiger partial charge in [0.25, 0.3) is 0 Å². The quantitative estimate of drug-likeness (QED) is 0.848. The van der Waals surface area contributed by atoms with E-state index in [4.69, 9.17) is 28.3 Å². The smallest absolute Gasteiger partial charge is 0.336 e. The Morgan fingerprint density at radius 1 is 1.31 bits per heavy atom. The van der Waals surface area contributed by atoms with Gasteiger partial charge in [-0.3, -0.25) is 4.98 Å². The van der Waals surface area contributed by atoms with E-state index in [1.807, 2.05) is 0 Å². The van der Waals surface area contributed by atoms with Gasteiger partial charge in [0.2, 0.25) is 0 Å². The summed E-state index contributed by atoms with van der Waals surface area (Å²) in [6.07, 6.45) is 0. The van der Waals surface area contributed by atoms with E-state index in [-0.39, 0.29) is 5.56 Å². The fourth-order valence-electron chi connectivity index (χ4n) is 1.59. The van der Waals surface area contributed by atoms with Crippen molar-refractivity contribution < 1.29 is 9.90 Å². The molecule has 0 radical (unpaired) electrons. The number of aryl methyl sites for hydroxylation is 1. The number of fused-ring (bicyclic) bond motifs is 1. The second kappa shape index (κ2) is 3.92. The Hall–Kier alpha value is -1.32. The van der Waals surface area contributed by atoms with Crippen molar-refractivity contribution in [2.24, 2.45) is 0 Å². The maximum atomic E-state index is 11.1. The molecule has 1 heterocycles. The van der Waals surface area contributed by atoms with Crippen LogP contribution in [0.15, 0.2) is 18.2 Å². The highest BCUT2D eigenvalue weighted by Gasteiger charge is 2.14. The van der Waals surface area contributed by atoms with E-state index in [0.29, 0.717) is 26.6 Å². The van der Waals surface area contributed by atoms with E-state index in [1.54, 1.807) is 13.0 Å². The first-order valence-corrected chi connectivity index (χ1v) is 5.24. The molecule has 0 bridgehead atoms. The topological polar surface area (TPSA) is 50.2 Å². The number of aromatic nitrogens is 1. The Morgan fingerprint density at radius 2 is 2.00 bits per heavy atom. The molecule has 0 fully saturated rings. The van der Waals surface area contributed by atoms with Crippen molar-refractivity contribution in [1.29, 1.82) is 0 Å². The van der Waals surface area contributed by atoms with Gasteiger partial charge in [-0.05, 0) is 25.1 Å². The van der Waals surface area contributed by atoms with Gasteiger partial charge in [0, 0.05) is 16.1 Å². The molecule has 2 aromatic rings. The number of rotatable bonds is 1. The highest BCUT2D eigenvalue weighted by atomic mass is 35.5. The minimum absolute atomic E-state index is 0.143. The summed E-state index contributed by atoms with van der Waals surface area (Å²) in [7, 11) is 0. The summed E-state index contributed by atoms with van der Waals surface area (Å²) in [5.74, 6) is -1.03. The van der Waals surface area contributed by atoms with Crippen molar-refractivity contribution in [3.63, 3.8) is 0 Å². The van der Waals surface area contributed by atoms with E-state index in [1.165, 1.54) is 12.1 Å². The zero-order chi connectivity index (χ0) is 11.9. The molecule has 1 N–H and O–H groups in total. The summed E-state index contributed by atoms with van der Waals surface area (Å²) >= 11 is 11.8.